The summed E-state index contributed by atoms with van der Waals surface area (Å²) in [7, 11) is 0. The molecule has 0 fully saturated rings. The second-order valence-electron chi connectivity index (χ2n) is 11.2. The van der Waals surface area contributed by atoms with Crippen molar-refractivity contribution in [3.05, 3.63) is 0 Å². The Morgan fingerprint density at radius 1 is 0.559 bits per heavy atom. The first-order valence-corrected chi connectivity index (χ1v) is 11.1. The molecular formula is C23H42N4O7. The van der Waals surface area contributed by atoms with Gasteiger partial charge in [-0.1, -0.05) is 0 Å². The van der Waals surface area contributed by atoms with E-state index in [1.807, 2.05) is 0 Å². The molecule has 0 aliphatic heterocycles. The largest absolute Gasteiger partial charge is 0.464 e. The minimum absolute atomic E-state index is 0.158. The molecule has 0 radical (unpaired) electrons. The molecule has 0 spiro atoms. The van der Waals surface area contributed by atoms with Crippen molar-refractivity contribution in [3.63, 3.8) is 0 Å². The highest BCUT2D eigenvalue weighted by Gasteiger charge is 2.42. The molecule has 0 bridgehead atoms. The van der Waals surface area contributed by atoms with E-state index in [0.717, 1.165) is 0 Å². The fraction of sp³-hybridized carbons (Fsp3) is 0.783. The van der Waals surface area contributed by atoms with Crippen molar-refractivity contribution in [3.8, 4) is 0 Å². The lowest BCUT2D eigenvalue weighted by atomic mass is 9.95. The number of hydrogen-bond donors (Lipinski definition) is 4. The molecule has 0 rings (SSSR count). The van der Waals surface area contributed by atoms with Gasteiger partial charge in [0.25, 0.3) is 0 Å². The Kier molecular flexibility index (Phi) is 9.72. The lowest BCUT2D eigenvalue weighted by Crippen LogP contribution is -2.67. The molecule has 0 aromatic heterocycles. The molecule has 4 N–H and O–H groups in total. The van der Waals surface area contributed by atoms with Crippen LogP contribution in [0.25, 0.3) is 0 Å². The van der Waals surface area contributed by atoms with Crippen LogP contribution in [0.1, 0.15) is 83.1 Å². The number of nitrogens with one attached hydrogen (secondary N) is 4. The number of carbonyl (C=O) groups is 5. The van der Waals surface area contributed by atoms with E-state index >= 15 is 0 Å². The van der Waals surface area contributed by atoms with Gasteiger partial charge in [0.2, 0.25) is 17.7 Å². The molecule has 0 aromatic carbocycles. The highest BCUT2D eigenvalue weighted by Crippen LogP contribution is 2.15. The lowest BCUT2D eigenvalue weighted by Gasteiger charge is -2.35. The second kappa shape index (κ2) is 10.6. The summed E-state index contributed by atoms with van der Waals surface area (Å²) in [4.78, 5) is 62.7. The molecule has 0 aliphatic carbocycles. The van der Waals surface area contributed by atoms with E-state index in [1.54, 1.807) is 27.7 Å². The van der Waals surface area contributed by atoms with Crippen molar-refractivity contribution in [1.82, 2.24) is 21.3 Å². The summed E-state index contributed by atoms with van der Waals surface area (Å²) in [5.74, 6) is -2.52. The predicted molar refractivity (Wildman–Crippen MR) is 127 cm³/mol. The first kappa shape index (κ1) is 31.1. The van der Waals surface area contributed by atoms with Crippen LogP contribution in [0.3, 0.4) is 0 Å². The molecule has 0 aromatic rings. The van der Waals surface area contributed by atoms with Crippen molar-refractivity contribution in [2.45, 2.75) is 111 Å². The zero-order valence-corrected chi connectivity index (χ0v) is 22.6. The maximum Gasteiger partial charge on any atom is 0.408 e. The Morgan fingerprint density at radius 2 is 0.882 bits per heavy atom. The second-order valence-corrected chi connectivity index (χ2v) is 11.2. The Bertz CT molecular complexity index is 809. The van der Waals surface area contributed by atoms with Crippen molar-refractivity contribution in [2.75, 3.05) is 6.61 Å². The molecule has 11 nitrogen and oxygen atoms in total. The van der Waals surface area contributed by atoms with E-state index in [1.165, 1.54) is 55.4 Å². The first-order valence-electron chi connectivity index (χ1n) is 11.1. The van der Waals surface area contributed by atoms with Crippen molar-refractivity contribution in [1.29, 1.82) is 0 Å². The Labute approximate surface area is 202 Å². The van der Waals surface area contributed by atoms with E-state index in [4.69, 9.17) is 9.47 Å². The van der Waals surface area contributed by atoms with Crippen LogP contribution >= 0.6 is 0 Å². The third kappa shape index (κ3) is 9.56. The van der Waals surface area contributed by atoms with E-state index in [0.29, 0.717) is 0 Å². The van der Waals surface area contributed by atoms with E-state index < -0.39 is 57.5 Å². The molecule has 0 aliphatic rings. The standard InChI is InChI=1S/C23H42N4O7/c1-13-33-17(31)23(11,12)26-15(29)21(7,8)24-14(28)20(5,6)25-16(30)22(9,10)27-18(32)34-19(2,3)4/h13H2,1-12H3,(H,24,28)(H,25,30)(H,26,29)(H,27,32). The van der Waals surface area contributed by atoms with Crippen molar-refractivity contribution >= 4 is 29.8 Å². The van der Waals surface area contributed by atoms with Gasteiger partial charge in [0, 0.05) is 0 Å². The van der Waals surface area contributed by atoms with Gasteiger partial charge >= 0.3 is 12.1 Å². The summed E-state index contributed by atoms with van der Waals surface area (Å²) >= 11 is 0. The maximum atomic E-state index is 12.9. The third-order valence-electron chi connectivity index (χ3n) is 4.58. The molecule has 11 heteroatoms. The molecule has 0 atom stereocenters. The number of amides is 4. The molecule has 0 saturated carbocycles. The number of carbonyl (C=O) groups excluding carboxylic acids is 5. The van der Waals surface area contributed by atoms with Gasteiger partial charge in [-0.05, 0) is 83.1 Å². The molecular weight excluding hydrogens is 444 g/mol. The fourth-order valence-electron chi connectivity index (χ4n) is 2.41. The predicted octanol–water partition coefficient (Wildman–Crippen LogP) is 1.54. The highest BCUT2D eigenvalue weighted by atomic mass is 16.6. The average Bonchev–Trinajstić information content (AvgIpc) is 2.58. The molecule has 196 valence electrons. The smallest absolute Gasteiger partial charge is 0.408 e. The Hall–Kier alpha value is -2.85. The quantitative estimate of drug-likeness (QED) is 0.361. The fourth-order valence-corrected chi connectivity index (χ4v) is 2.41. The first-order chi connectivity index (χ1) is 15.0. The lowest BCUT2D eigenvalue weighted by molar-refractivity contribution is -0.152. The monoisotopic (exact) mass is 486 g/mol. The maximum absolute atomic E-state index is 12.9. The number of rotatable bonds is 9. The highest BCUT2D eigenvalue weighted by molar-refractivity contribution is 5.99. The Morgan fingerprint density at radius 3 is 1.21 bits per heavy atom. The molecule has 34 heavy (non-hydrogen) atoms. The van der Waals surface area contributed by atoms with Gasteiger partial charge in [-0.3, -0.25) is 14.4 Å². The zero-order chi connectivity index (χ0) is 27.3. The van der Waals surface area contributed by atoms with Gasteiger partial charge in [0.1, 0.15) is 27.8 Å². The van der Waals surface area contributed by atoms with Crippen molar-refractivity contribution in [2.24, 2.45) is 0 Å². The van der Waals surface area contributed by atoms with Crippen molar-refractivity contribution < 1.29 is 33.4 Å². The van der Waals surface area contributed by atoms with Crippen LogP contribution < -0.4 is 21.3 Å². The van der Waals surface area contributed by atoms with Gasteiger partial charge in [-0.2, -0.15) is 0 Å². The summed E-state index contributed by atoms with van der Waals surface area (Å²) in [6, 6.07) is 0. The molecule has 0 saturated heterocycles. The number of hydrogen-bond acceptors (Lipinski definition) is 7. The topological polar surface area (TPSA) is 152 Å². The van der Waals surface area contributed by atoms with E-state index in [2.05, 4.69) is 21.3 Å². The van der Waals surface area contributed by atoms with Crippen LogP contribution in [0.2, 0.25) is 0 Å². The van der Waals surface area contributed by atoms with Crippen LogP contribution in [0.4, 0.5) is 4.79 Å². The number of esters is 1. The van der Waals surface area contributed by atoms with Crippen LogP contribution in [0.15, 0.2) is 0 Å². The zero-order valence-electron chi connectivity index (χ0n) is 22.6. The Balaban J connectivity index is 5.30. The SMILES string of the molecule is CCOC(=O)C(C)(C)NC(=O)C(C)(C)NC(=O)C(C)(C)NC(=O)C(C)(C)NC(=O)OC(C)(C)C. The summed E-state index contributed by atoms with van der Waals surface area (Å²) < 4.78 is 10.1. The van der Waals surface area contributed by atoms with Crippen LogP contribution in [-0.2, 0) is 28.7 Å². The van der Waals surface area contributed by atoms with Gasteiger partial charge < -0.3 is 30.7 Å². The van der Waals surface area contributed by atoms with Gasteiger partial charge in [0.05, 0.1) is 6.61 Å². The number of alkyl carbamates (subject to hydrolysis) is 1. The van der Waals surface area contributed by atoms with Gasteiger partial charge in [0.15, 0.2) is 0 Å². The normalized spacial score (nSPS) is 12.8. The molecule has 4 amide bonds. The van der Waals surface area contributed by atoms with Crippen LogP contribution in [0, 0.1) is 0 Å². The van der Waals surface area contributed by atoms with Crippen LogP contribution in [-0.4, -0.2) is 64.1 Å². The molecule has 0 heterocycles. The summed E-state index contributed by atoms with van der Waals surface area (Å²) in [6.07, 6.45) is -0.781. The van der Waals surface area contributed by atoms with E-state index in [-0.39, 0.29) is 6.61 Å². The third-order valence-corrected chi connectivity index (χ3v) is 4.58. The summed E-state index contributed by atoms with van der Waals surface area (Å²) in [5, 5.41) is 10.2. The average molecular weight is 487 g/mol. The summed E-state index contributed by atoms with van der Waals surface area (Å²) in [5.41, 5.74) is -6.32. The number of ether oxygens (including phenoxy) is 2. The van der Waals surface area contributed by atoms with Crippen LogP contribution in [0.5, 0.6) is 0 Å². The molecule has 0 unspecified atom stereocenters. The minimum Gasteiger partial charge on any atom is -0.464 e. The van der Waals surface area contributed by atoms with E-state index in [9.17, 15) is 24.0 Å². The minimum atomic E-state index is -1.45. The summed E-state index contributed by atoms with van der Waals surface area (Å²) in [6.45, 7) is 18.7. The van der Waals surface area contributed by atoms with Gasteiger partial charge in [-0.25, -0.2) is 9.59 Å². The van der Waals surface area contributed by atoms with Gasteiger partial charge in [-0.15, -0.1) is 0 Å².